The van der Waals surface area contributed by atoms with Crippen molar-refractivity contribution >= 4 is 35.6 Å². The van der Waals surface area contributed by atoms with Crippen molar-refractivity contribution in [3.8, 4) is 11.5 Å². The molecule has 0 spiro atoms. The summed E-state index contributed by atoms with van der Waals surface area (Å²) in [5.74, 6) is 2.39. The van der Waals surface area contributed by atoms with Crippen molar-refractivity contribution in [2.75, 3.05) is 31.6 Å². The van der Waals surface area contributed by atoms with E-state index >= 15 is 0 Å². The first kappa shape index (κ1) is 17.9. The first-order valence-electron chi connectivity index (χ1n) is 7.28. The first-order valence-corrected chi connectivity index (χ1v) is 7.28. The number of aliphatic imine (C=N–C) groups is 1. The summed E-state index contributed by atoms with van der Waals surface area (Å²) in [7, 11) is 0. The Hall–Kier alpha value is -1.18. The molecule has 1 aromatic rings. The lowest BCUT2D eigenvalue weighted by atomic mass is 10.3. The number of hydrogen-bond acceptors (Lipinski definition) is 3. The number of benzene rings is 1. The Labute approximate surface area is 143 Å². The topological polar surface area (TPSA) is 54.9 Å². The molecule has 1 heterocycles. The van der Waals surface area contributed by atoms with Gasteiger partial charge in [0.1, 0.15) is 0 Å². The van der Waals surface area contributed by atoms with Crippen molar-refractivity contribution < 1.29 is 9.47 Å². The number of anilines is 1. The first-order chi connectivity index (χ1) is 9.83. The SMILES string of the molecule is CCCN=C(NCC)Nc1ccc2c(c1)OCCCO2.I. The van der Waals surface area contributed by atoms with E-state index in [1.807, 2.05) is 18.2 Å². The van der Waals surface area contributed by atoms with Gasteiger partial charge in [-0.05, 0) is 25.5 Å². The molecule has 2 N–H and O–H groups in total. The molecule has 1 aliphatic heterocycles. The van der Waals surface area contributed by atoms with Gasteiger partial charge in [-0.15, -0.1) is 24.0 Å². The lowest BCUT2D eigenvalue weighted by Gasteiger charge is -2.13. The highest BCUT2D eigenvalue weighted by atomic mass is 127. The van der Waals surface area contributed by atoms with Crippen LogP contribution in [0.4, 0.5) is 5.69 Å². The number of ether oxygens (including phenoxy) is 2. The van der Waals surface area contributed by atoms with Gasteiger partial charge in [-0.3, -0.25) is 4.99 Å². The van der Waals surface area contributed by atoms with Crippen LogP contribution in [0.3, 0.4) is 0 Å². The molecule has 118 valence electrons. The van der Waals surface area contributed by atoms with Gasteiger partial charge in [0.15, 0.2) is 17.5 Å². The van der Waals surface area contributed by atoms with Crippen LogP contribution in [-0.2, 0) is 0 Å². The minimum Gasteiger partial charge on any atom is -0.490 e. The van der Waals surface area contributed by atoms with Crippen molar-refractivity contribution in [1.82, 2.24) is 5.32 Å². The number of hydrogen-bond donors (Lipinski definition) is 2. The van der Waals surface area contributed by atoms with Gasteiger partial charge in [0.25, 0.3) is 0 Å². The fraction of sp³-hybridized carbons (Fsp3) is 0.533. The molecule has 0 saturated heterocycles. The fourth-order valence-corrected chi connectivity index (χ4v) is 1.91. The third kappa shape index (κ3) is 5.61. The maximum Gasteiger partial charge on any atom is 0.195 e. The number of rotatable bonds is 4. The van der Waals surface area contributed by atoms with Gasteiger partial charge in [-0.1, -0.05) is 6.92 Å². The lowest BCUT2D eigenvalue weighted by molar-refractivity contribution is 0.297. The highest BCUT2D eigenvalue weighted by Gasteiger charge is 2.11. The van der Waals surface area contributed by atoms with Crippen LogP contribution in [0.15, 0.2) is 23.2 Å². The summed E-state index contributed by atoms with van der Waals surface area (Å²) < 4.78 is 11.3. The maximum atomic E-state index is 5.69. The minimum atomic E-state index is 0. The molecule has 5 nitrogen and oxygen atoms in total. The second-order valence-corrected chi connectivity index (χ2v) is 4.60. The van der Waals surface area contributed by atoms with Crippen LogP contribution >= 0.6 is 24.0 Å². The zero-order chi connectivity index (χ0) is 14.2. The van der Waals surface area contributed by atoms with E-state index in [2.05, 4.69) is 29.5 Å². The van der Waals surface area contributed by atoms with Gasteiger partial charge >= 0.3 is 0 Å². The fourth-order valence-electron chi connectivity index (χ4n) is 1.91. The lowest BCUT2D eigenvalue weighted by Crippen LogP contribution is -2.30. The molecule has 2 rings (SSSR count). The van der Waals surface area contributed by atoms with Crippen LogP contribution in [-0.4, -0.2) is 32.3 Å². The van der Waals surface area contributed by atoms with Gasteiger partial charge < -0.3 is 20.1 Å². The van der Waals surface area contributed by atoms with Crippen molar-refractivity contribution in [3.05, 3.63) is 18.2 Å². The van der Waals surface area contributed by atoms with E-state index in [4.69, 9.17) is 9.47 Å². The Balaban J connectivity index is 0.00000220. The van der Waals surface area contributed by atoms with Gasteiger partial charge in [0.2, 0.25) is 0 Å². The van der Waals surface area contributed by atoms with Gasteiger partial charge in [0, 0.05) is 31.3 Å². The molecule has 0 aliphatic carbocycles. The average Bonchev–Trinajstić information content (AvgIpc) is 2.69. The summed E-state index contributed by atoms with van der Waals surface area (Å²) >= 11 is 0. The summed E-state index contributed by atoms with van der Waals surface area (Å²) in [6.07, 6.45) is 1.94. The molecule has 21 heavy (non-hydrogen) atoms. The number of nitrogens with zero attached hydrogens (tertiary/aromatic N) is 1. The standard InChI is InChI=1S/C15H23N3O2.HI/c1-3-8-17-15(16-4-2)18-12-6-7-13-14(11-12)20-10-5-9-19-13;/h6-7,11H,3-5,8-10H2,1-2H3,(H2,16,17,18);1H. The molecule has 0 unspecified atom stereocenters. The van der Waals surface area contributed by atoms with Gasteiger partial charge in [0.05, 0.1) is 13.2 Å². The molecule has 1 aromatic carbocycles. The smallest absolute Gasteiger partial charge is 0.195 e. The normalized spacial score (nSPS) is 13.9. The van der Waals surface area contributed by atoms with Crippen molar-refractivity contribution in [2.45, 2.75) is 26.7 Å². The van der Waals surface area contributed by atoms with E-state index in [-0.39, 0.29) is 24.0 Å². The average molecular weight is 405 g/mol. The van der Waals surface area contributed by atoms with E-state index < -0.39 is 0 Å². The number of guanidine groups is 1. The zero-order valence-corrected chi connectivity index (χ0v) is 15.0. The van der Waals surface area contributed by atoms with Crippen molar-refractivity contribution in [3.63, 3.8) is 0 Å². The number of fused-ring (bicyclic) bond motifs is 1. The second-order valence-electron chi connectivity index (χ2n) is 4.60. The summed E-state index contributed by atoms with van der Waals surface area (Å²) in [6.45, 7) is 7.21. The van der Waals surface area contributed by atoms with Gasteiger partial charge in [-0.25, -0.2) is 0 Å². The van der Waals surface area contributed by atoms with E-state index in [1.165, 1.54) is 0 Å². The Morgan fingerprint density at radius 2 is 1.95 bits per heavy atom. The highest BCUT2D eigenvalue weighted by Crippen LogP contribution is 2.32. The van der Waals surface area contributed by atoms with E-state index in [1.54, 1.807) is 0 Å². The Bertz CT molecular complexity index is 466. The molecule has 0 radical (unpaired) electrons. The van der Waals surface area contributed by atoms with Crippen LogP contribution < -0.4 is 20.1 Å². The van der Waals surface area contributed by atoms with Crippen LogP contribution in [0.5, 0.6) is 11.5 Å². The predicted octanol–water partition coefficient (Wildman–Crippen LogP) is 3.25. The van der Waals surface area contributed by atoms with E-state index in [0.29, 0.717) is 13.2 Å². The second kappa shape index (κ2) is 9.70. The molecule has 0 saturated carbocycles. The minimum absolute atomic E-state index is 0. The molecule has 0 atom stereocenters. The molecular formula is C15H24IN3O2. The molecule has 6 heteroatoms. The quantitative estimate of drug-likeness (QED) is 0.459. The van der Waals surface area contributed by atoms with Crippen LogP contribution in [0.25, 0.3) is 0 Å². The Kier molecular flexibility index (Phi) is 8.26. The Morgan fingerprint density at radius 1 is 1.19 bits per heavy atom. The third-order valence-electron chi connectivity index (χ3n) is 2.85. The summed E-state index contributed by atoms with van der Waals surface area (Å²) in [6, 6.07) is 5.87. The number of nitrogens with one attached hydrogen (secondary N) is 2. The van der Waals surface area contributed by atoms with Crippen LogP contribution in [0.2, 0.25) is 0 Å². The summed E-state index contributed by atoms with van der Waals surface area (Å²) in [4.78, 5) is 4.48. The molecular weight excluding hydrogens is 381 g/mol. The van der Waals surface area contributed by atoms with E-state index in [0.717, 1.165) is 49.1 Å². The molecule has 0 amide bonds. The third-order valence-corrected chi connectivity index (χ3v) is 2.85. The summed E-state index contributed by atoms with van der Waals surface area (Å²) in [5.41, 5.74) is 0.949. The molecule has 0 aromatic heterocycles. The van der Waals surface area contributed by atoms with Crippen LogP contribution in [0.1, 0.15) is 26.7 Å². The maximum absolute atomic E-state index is 5.69. The monoisotopic (exact) mass is 405 g/mol. The van der Waals surface area contributed by atoms with Crippen molar-refractivity contribution in [2.24, 2.45) is 4.99 Å². The van der Waals surface area contributed by atoms with E-state index in [9.17, 15) is 0 Å². The molecule has 1 aliphatic rings. The predicted molar refractivity (Wildman–Crippen MR) is 97.4 cm³/mol. The van der Waals surface area contributed by atoms with Crippen molar-refractivity contribution in [1.29, 1.82) is 0 Å². The van der Waals surface area contributed by atoms with Crippen LogP contribution in [0, 0.1) is 0 Å². The zero-order valence-electron chi connectivity index (χ0n) is 12.6. The van der Waals surface area contributed by atoms with Gasteiger partial charge in [-0.2, -0.15) is 0 Å². The molecule has 0 bridgehead atoms. The highest BCUT2D eigenvalue weighted by molar-refractivity contribution is 14.0. The Morgan fingerprint density at radius 3 is 2.67 bits per heavy atom. The summed E-state index contributed by atoms with van der Waals surface area (Å²) in [5, 5.41) is 6.51. The molecule has 0 fully saturated rings. The number of halogens is 1. The largest absolute Gasteiger partial charge is 0.490 e.